The summed E-state index contributed by atoms with van der Waals surface area (Å²) < 4.78 is 20.1. The van der Waals surface area contributed by atoms with Gasteiger partial charge in [0.15, 0.2) is 5.65 Å². The molecule has 0 aliphatic heterocycles. The predicted molar refractivity (Wildman–Crippen MR) is 100 cm³/mol. The summed E-state index contributed by atoms with van der Waals surface area (Å²) >= 11 is 5.97. The normalized spacial score (nSPS) is 11.7. The number of phenols is 1. The standard InChI is InChI=1S/C17H16ClFN4O3.CH3/c1-3-26-17(25)10-8-20-23-7-6-13(22-16(10)23)21-9(2)14-12(24)5-4-11(19)15(14)18;/h4-9,24H,3H2,1-2H3,(H,21,22);1H3/q;-1. The number of carbonyl (C=O) groups excluding carboxylic acids is 1. The van der Waals surface area contributed by atoms with Crippen LogP contribution in [-0.2, 0) is 4.74 Å². The first-order valence-corrected chi connectivity index (χ1v) is 8.25. The molecule has 144 valence electrons. The van der Waals surface area contributed by atoms with E-state index >= 15 is 0 Å². The number of carbonyl (C=O) groups is 1. The summed E-state index contributed by atoms with van der Waals surface area (Å²) in [5.74, 6) is -0.882. The third-order valence-electron chi connectivity index (χ3n) is 3.77. The SMILES string of the molecule is CCOC(=O)c1cnn2ccc(NC(C)c3c(O)ccc(F)c3Cl)nc12.[CH3-]. The van der Waals surface area contributed by atoms with E-state index in [1.54, 1.807) is 26.1 Å². The smallest absolute Gasteiger partial charge is 0.343 e. The van der Waals surface area contributed by atoms with E-state index in [0.717, 1.165) is 6.07 Å². The number of aromatic hydroxyl groups is 1. The first-order valence-electron chi connectivity index (χ1n) is 7.87. The van der Waals surface area contributed by atoms with Crippen LogP contribution < -0.4 is 5.32 Å². The van der Waals surface area contributed by atoms with E-state index in [1.165, 1.54) is 16.8 Å². The zero-order valence-electron chi connectivity index (χ0n) is 15.0. The van der Waals surface area contributed by atoms with Gasteiger partial charge >= 0.3 is 5.97 Å². The summed E-state index contributed by atoms with van der Waals surface area (Å²) in [4.78, 5) is 16.3. The molecule has 0 saturated heterocycles. The number of halogens is 2. The summed E-state index contributed by atoms with van der Waals surface area (Å²) in [7, 11) is 0. The van der Waals surface area contributed by atoms with E-state index in [9.17, 15) is 14.3 Å². The molecule has 0 saturated carbocycles. The minimum absolute atomic E-state index is 0. The molecule has 0 amide bonds. The van der Waals surface area contributed by atoms with Crippen LogP contribution in [0.3, 0.4) is 0 Å². The number of ether oxygens (including phenoxy) is 1. The molecular weight excluding hydrogens is 375 g/mol. The molecule has 2 N–H and O–H groups in total. The van der Waals surface area contributed by atoms with Gasteiger partial charge in [0.2, 0.25) is 0 Å². The van der Waals surface area contributed by atoms with Crippen LogP contribution in [0.2, 0.25) is 5.02 Å². The van der Waals surface area contributed by atoms with Crippen LogP contribution in [0, 0.1) is 13.2 Å². The predicted octanol–water partition coefficient (Wildman–Crippen LogP) is 4.03. The number of anilines is 1. The van der Waals surface area contributed by atoms with Crippen molar-refractivity contribution in [2.75, 3.05) is 11.9 Å². The summed E-state index contributed by atoms with van der Waals surface area (Å²) in [6.45, 7) is 3.65. The molecule has 0 spiro atoms. The molecule has 0 bridgehead atoms. The maximum atomic E-state index is 13.7. The fourth-order valence-electron chi connectivity index (χ4n) is 2.56. The van der Waals surface area contributed by atoms with Gasteiger partial charge in [-0.05, 0) is 32.0 Å². The Hall–Kier alpha value is -2.87. The van der Waals surface area contributed by atoms with Crippen molar-refractivity contribution in [1.82, 2.24) is 14.6 Å². The summed E-state index contributed by atoms with van der Waals surface area (Å²) in [5.41, 5.74) is 0.762. The Morgan fingerprint density at radius 3 is 2.89 bits per heavy atom. The van der Waals surface area contributed by atoms with Crippen molar-refractivity contribution in [3.63, 3.8) is 0 Å². The number of nitrogens with one attached hydrogen (secondary N) is 1. The molecule has 9 heteroatoms. The third kappa shape index (κ3) is 3.95. The summed E-state index contributed by atoms with van der Waals surface area (Å²) in [5, 5.41) is 16.9. The first-order chi connectivity index (χ1) is 12.4. The zero-order chi connectivity index (χ0) is 18.8. The molecule has 7 nitrogen and oxygen atoms in total. The van der Waals surface area contributed by atoms with Crippen molar-refractivity contribution in [2.24, 2.45) is 0 Å². The number of hydrogen-bond acceptors (Lipinski definition) is 6. The highest BCUT2D eigenvalue weighted by Crippen LogP contribution is 2.34. The van der Waals surface area contributed by atoms with Crippen LogP contribution in [0.25, 0.3) is 5.65 Å². The number of esters is 1. The van der Waals surface area contributed by atoms with Gasteiger partial charge in [0.05, 0.1) is 23.9 Å². The third-order valence-corrected chi connectivity index (χ3v) is 4.16. The van der Waals surface area contributed by atoms with Crippen LogP contribution in [0.1, 0.15) is 35.8 Å². The van der Waals surface area contributed by atoms with Gasteiger partial charge in [-0.15, -0.1) is 0 Å². The number of rotatable bonds is 5. The van der Waals surface area contributed by atoms with Crippen molar-refractivity contribution < 1.29 is 19.0 Å². The maximum Gasteiger partial charge on any atom is 0.343 e. The molecule has 0 aliphatic carbocycles. The maximum absolute atomic E-state index is 13.7. The fraction of sp³-hybridized carbons (Fsp3) is 0.222. The van der Waals surface area contributed by atoms with E-state index in [-0.39, 0.29) is 35.9 Å². The number of nitrogens with zero attached hydrogens (tertiary/aromatic N) is 3. The molecule has 0 fully saturated rings. The highest BCUT2D eigenvalue weighted by Gasteiger charge is 2.19. The molecule has 1 aromatic carbocycles. The average molecular weight is 394 g/mol. The van der Waals surface area contributed by atoms with E-state index in [0.29, 0.717) is 11.5 Å². The van der Waals surface area contributed by atoms with Gasteiger partial charge in [-0.25, -0.2) is 18.7 Å². The molecule has 3 aromatic rings. The van der Waals surface area contributed by atoms with Gasteiger partial charge in [0.1, 0.15) is 22.9 Å². The molecule has 1 unspecified atom stereocenters. The Labute approximate surface area is 160 Å². The van der Waals surface area contributed by atoms with E-state index in [2.05, 4.69) is 15.4 Å². The van der Waals surface area contributed by atoms with Crippen LogP contribution in [0.5, 0.6) is 5.75 Å². The first kappa shape index (κ1) is 20.4. The number of hydrogen-bond donors (Lipinski definition) is 2. The molecule has 3 rings (SSSR count). The Bertz CT molecular complexity index is 977. The molecule has 0 aliphatic rings. The van der Waals surface area contributed by atoms with Crippen molar-refractivity contribution in [2.45, 2.75) is 19.9 Å². The second-order valence-corrected chi connectivity index (χ2v) is 5.90. The zero-order valence-corrected chi connectivity index (χ0v) is 15.8. The molecular formula is C18H19ClFN4O3-. The molecule has 2 heterocycles. The van der Waals surface area contributed by atoms with Gasteiger partial charge in [0, 0.05) is 11.8 Å². The lowest BCUT2D eigenvalue weighted by Crippen LogP contribution is -2.11. The Morgan fingerprint density at radius 2 is 2.19 bits per heavy atom. The molecule has 0 radical (unpaired) electrons. The van der Waals surface area contributed by atoms with Crippen LogP contribution >= 0.6 is 11.6 Å². The number of aromatic nitrogens is 3. The largest absolute Gasteiger partial charge is 0.508 e. The van der Waals surface area contributed by atoms with Crippen molar-refractivity contribution in [1.29, 1.82) is 0 Å². The Kier molecular flexibility index (Phi) is 6.22. The molecule has 1 atom stereocenters. The average Bonchev–Trinajstić information content (AvgIpc) is 3.02. The second-order valence-electron chi connectivity index (χ2n) is 5.52. The Morgan fingerprint density at radius 1 is 1.44 bits per heavy atom. The lowest BCUT2D eigenvalue weighted by molar-refractivity contribution is 0.0528. The Balaban J connectivity index is 0.00000261. The lowest BCUT2D eigenvalue weighted by Gasteiger charge is -2.18. The lowest BCUT2D eigenvalue weighted by atomic mass is 10.1. The van der Waals surface area contributed by atoms with Gasteiger partial charge in [-0.3, -0.25) is 0 Å². The summed E-state index contributed by atoms with van der Waals surface area (Å²) in [6.07, 6.45) is 3.00. The molecule has 27 heavy (non-hydrogen) atoms. The summed E-state index contributed by atoms with van der Waals surface area (Å²) in [6, 6.07) is 3.43. The van der Waals surface area contributed by atoms with E-state index in [4.69, 9.17) is 16.3 Å². The topological polar surface area (TPSA) is 88.8 Å². The van der Waals surface area contributed by atoms with Crippen molar-refractivity contribution in [3.05, 3.63) is 60.0 Å². The minimum atomic E-state index is -0.628. The minimum Gasteiger partial charge on any atom is -0.508 e. The highest BCUT2D eigenvalue weighted by molar-refractivity contribution is 6.31. The number of fused-ring (bicyclic) bond motifs is 1. The van der Waals surface area contributed by atoms with Crippen molar-refractivity contribution >= 4 is 29.0 Å². The number of benzene rings is 1. The van der Waals surface area contributed by atoms with Gasteiger partial charge in [-0.1, -0.05) is 11.6 Å². The number of phenolic OH excluding ortho intramolecular Hbond substituents is 1. The van der Waals surface area contributed by atoms with E-state index < -0.39 is 17.8 Å². The van der Waals surface area contributed by atoms with Gasteiger partial charge < -0.3 is 22.6 Å². The van der Waals surface area contributed by atoms with Crippen molar-refractivity contribution in [3.8, 4) is 5.75 Å². The van der Waals surface area contributed by atoms with Crippen LogP contribution in [-0.4, -0.2) is 32.3 Å². The van der Waals surface area contributed by atoms with Crippen LogP contribution in [0.15, 0.2) is 30.6 Å². The second kappa shape index (κ2) is 8.22. The van der Waals surface area contributed by atoms with E-state index in [1.807, 2.05) is 0 Å². The quantitative estimate of drug-likeness (QED) is 0.502. The van der Waals surface area contributed by atoms with Gasteiger partial charge in [0.25, 0.3) is 0 Å². The highest BCUT2D eigenvalue weighted by atomic mass is 35.5. The van der Waals surface area contributed by atoms with Gasteiger partial charge in [-0.2, -0.15) is 5.10 Å². The monoisotopic (exact) mass is 393 g/mol. The fourth-order valence-corrected chi connectivity index (χ4v) is 2.89. The molecule has 2 aromatic heterocycles. The van der Waals surface area contributed by atoms with Crippen LogP contribution in [0.4, 0.5) is 10.2 Å².